The van der Waals surface area contributed by atoms with Crippen LogP contribution < -0.4 is 16.0 Å². The van der Waals surface area contributed by atoms with E-state index in [1.807, 2.05) is 37.3 Å². The summed E-state index contributed by atoms with van der Waals surface area (Å²) < 4.78 is 0. The summed E-state index contributed by atoms with van der Waals surface area (Å²) in [5.41, 5.74) is 8.09. The molecule has 0 aromatic heterocycles. The molecule has 38 heavy (non-hydrogen) atoms. The van der Waals surface area contributed by atoms with Crippen LogP contribution in [0.25, 0.3) is 0 Å². The van der Waals surface area contributed by atoms with Gasteiger partial charge in [-0.25, -0.2) is 9.79 Å². The number of carbonyl (C=O) groups excluding carboxylic acids is 3. The number of likely N-dealkylation sites (N-methyl/N-ethyl adjacent to an activating group) is 1. The zero-order valence-electron chi connectivity index (χ0n) is 21.6. The lowest BCUT2D eigenvalue weighted by Gasteiger charge is -2.30. The fraction of sp³-hybridized carbons (Fsp3) is 0.370. The number of nitrogens with two attached hydrogens (primary N) is 1. The van der Waals surface area contributed by atoms with Crippen molar-refractivity contribution in [2.75, 3.05) is 24.2 Å². The molecule has 3 amide bonds. The Morgan fingerprint density at radius 2 is 1.79 bits per heavy atom. The molecule has 3 rings (SSSR count). The minimum atomic E-state index is -1.33. The molecule has 2 unspecified atom stereocenters. The molecular formula is C27H33N5O5S. The maximum atomic E-state index is 14.0. The van der Waals surface area contributed by atoms with Gasteiger partial charge in [-0.05, 0) is 12.0 Å². The number of rotatable bonds is 10. The Hall–Kier alpha value is -3.70. The predicted molar refractivity (Wildman–Crippen MR) is 148 cm³/mol. The lowest BCUT2D eigenvalue weighted by Crippen LogP contribution is -2.55. The van der Waals surface area contributed by atoms with Crippen molar-refractivity contribution in [3.8, 4) is 0 Å². The SMILES string of the molecule is CC[C@H](C)[C@H](NC(=O)CN1C(=O)C(N(C)C(=O)C(N)CS)N=C(c2ccccc2)c2ccccc21)C(=O)O. The molecule has 0 saturated heterocycles. The van der Waals surface area contributed by atoms with Crippen molar-refractivity contribution in [3.63, 3.8) is 0 Å². The van der Waals surface area contributed by atoms with Crippen LogP contribution >= 0.6 is 12.6 Å². The molecule has 0 aliphatic carbocycles. The van der Waals surface area contributed by atoms with Gasteiger partial charge in [0.15, 0.2) is 0 Å². The van der Waals surface area contributed by atoms with E-state index in [4.69, 9.17) is 10.7 Å². The van der Waals surface area contributed by atoms with E-state index in [1.165, 1.54) is 11.9 Å². The van der Waals surface area contributed by atoms with E-state index in [2.05, 4.69) is 17.9 Å². The largest absolute Gasteiger partial charge is 0.480 e. The molecule has 1 heterocycles. The van der Waals surface area contributed by atoms with Crippen molar-refractivity contribution in [1.29, 1.82) is 0 Å². The summed E-state index contributed by atoms with van der Waals surface area (Å²) >= 11 is 4.10. The van der Waals surface area contributed by atoms with Gasteiger partial charge in [-0.1, -0.05) is 68.8 Å². The molecule has 1 aliphatic rings. The van der Waals surface area contributed by atoms with Crippen LogP contribution in [0.4, 0.5) is 5.69 Å². The van der Waals surface area contributed by atoms with Gasteiger partial charge in [0.05, 0.1) is 17.4 Å². The number of hydrogen-bond acceptors (Lipinski definition) is 7. The topological polar surface area (TPSA) is 145 Å². The van der Waals surface area contributed by atoms with Crippen LogP contribution in [0, 0.1) is 5.92 Å². The lowest BCUT2D eigenvalue weighted by atomic mass is 9.99. The zero-order valence-corrected chi connectivity index (χ0v) is 22.5. The van der Waals surface area contributed by atoms with Gasteiger partial charge in [-0.15, -0.1) is 0 Å². The van der Waals surface area contributed by atoms with E-state index in [-0.39, 0.29) is 11.7 Å². The molecule has 0 spiro atoms. The van der Waals surface area contributed by atoms with Crippen molar-refractivity contribution in [3.05, 3.63) is 65.7 Å². The molecule has 1 aliphatic heterocycles. The van der Waals surface area contributed by atoms with Crippen molar-refractivity contribution < 1.29 is 24.3 Å². The van der Waals surface area contributed by atoms with Gasteiger partial charge in [-0.3, -0.25) is 19.3 Å². The number of para-hydroxylation sites is 1. The summed E-state index contributed by atoms with van der Waals surface area (Å²) in [6.45, 7) is 3.09. The Morgan fingerprint density at radius 3 is 2.39 bits per heavy atom. The molecule has 202 valence electrons. The van der Waals surface area contributed by atoms with Crippen molar-refractivity contribution in [2.45, 2.75) is 38.5 Å². The molecule has 2 aromatic rings. The highest BCUT2D eigenvalue weighted by Gasteiger charge is 2.38. The number of hydrogen-bond donors (Lipinski definition) is 4. The number of benzene rings is 2. The molecule has 0 radical (unpaired) electrons. The third-order valence-corrected chi connectivity index (χ3v) is 6.95. The second kappa shape index (κ2) is 12.7. The second-order valence-corrected chi connectivity index (χ2v) is 9.53. The number of carboxylic acid groups (broad SMARTS) is 1. The number of thiol groups is 1. The van der Waals surface area contributed by atoms with E-state index in [9.17, 15) is 24.3 Å². The van der Waals surface area contributed by atoms with Crippen molar-refractivity contribution >= 4 is 47.7 Å². The molecule has 4 atom stereocenters. The minimum Gasteiger partial charge on any atom is -0.480 e. The first-order valence-corrected chi connectivity index (χ1v) is 12.9. The van der Waals surface area contributed by atoms with Crippen LogP contribution in [0.3, 0.4) is 0 Å². The number of aliphatic imine (C=N–C) groups is 1. The van der Waals surface area contributed by atoms with Crippen molar-refractivity contribution in [2.24, 2.45) is 16.6 Å². The Labute approximate surface area is 227 Å². The van der Waals surface area contributed by atoms with Crippen LogP contribution in [0.1, 0.15) is 31.4 Å². The minimum absolute atomic E-state index is 0.0673. The van der Waals surface area contributed by atoms with Crippen LogP contribution in [0.2, 0.25) is 0 Å². The number of anilines is 1. The van der Waals surface area contributed by atoms with Crippen LogP contribution in [0.5, 0.6) is 0 Å². The number of nitrogens with zero attached hydrogens (tertiary/aromatic N) is 3. The average Bonchev–Trinajstić information content (AvgIpc) is 3.05. The molecule has 0 bridgehead atoms. The first-order chi connectivity index (χ1) is 18.1. The highest BCUT2D eigenvalue weighted by atomic mass is 32.1. The lowest BCUT2D eigenvalue weighted by molar-refractivity contribution is -0.143. The van der Waals surface area contributed by atoms with E-state index in [0.29, 0.717) is 28.9 Å². The third-order valence-electron chi connectivity index (χ3n) is 6.56. The molecule has 0 fully saturated rings. The third kappa shape index (κ3) is 6.22. The van der Waals surface area contributed by atoms with Crippen LogP contribution in [-0.2, 0) is 19.2 Å². The monoisotopic (exact) mass is 539 g/mol. The van der Waals surface area contributed by atoms with E-state index < -0.39 is 48.5 Å². The summed E-state index contributed by atoms with van der Waals surface area (Å²) in [5.74, 6) is -3.23. The zero-order chi connectivity index (χ0) is 28.0. The Morgan fingerprint density at radius 1 is 1.16 bits per heavy atom. The van der Waals surface area contributed by atoms with Crippen LogP contribution in [-0.4, -0.2) is 77.0 Å². The smallest absolute Gasteiger partial charge is 0.326 e. The Balaban J connectivity index is 2.10. The Bertz CT molecular complexity index is 1220. The standard InChI is InChI=1S/C27H33N5O5S/c1-4-16(2)22(27(36)37)29-21(33)14-32-20-13-9-8-12-18(20)23(17-10-6-5-7-11-17)30-24(26(32)35)31(3)25(34)19(28)15-38/h5-13,16,19,22,24,38H,4,14-15,28H2,1-3H3,(H,29,33)(H,36,37)/t16-,19?,22-,24?/m0/s1. The number of amides is 3. The van der Waals surface area contributed by atoms with Gasteiger partial charge in [0.25, 0.3) is 5.91 Å². The molecule has 4 N–H and O–H groups in total. The normalized spacial score (nSPS) is 17.4. The Kier molecular flexibility index (Phi) is 9.65. The quantitative estimate of drug-likeness (QED) is 0.337. The molecule has 2 aromatic carbocycles. The van der Waals surface area contributed by atoms with E-state index in [1.54, 1.807) is 31.2 Å². The van der Waals surface area contributed by atoms with E-state index in [0.717, 1.165) is 4.90 Å². The van der Waals surface area contributed by atoms with Crippen LogP contribution in [0.15, 0.2) is 59.6 Å². The summed E-state index contributed by atoms with van der Waals surface area (Å²) in [5, 5.41) is 12.2. The molecule has 10 nitrogen and oxygen atoms in total. The fourth-order valence-electron chi connectivity index (χ4n) is 4.16. The molecule has 0 saturated carbocycles. The van der Waals surface area contributed by atoms with Crippen molar-refractivity contribution in [1.82, 2.24) is 10.2 Å². The first kappa shape index (κ1) is 28.9. The molecule has 11 heteroatoms. The van der Waals surface area contributed by atoms with E-state index >= 15 is 0 Å². The number of fused-ring (bicyclic) bond motifs is 1. The maximum Gasteiger partial charge on any atom is 0.326 e. The van der Waals surface area contributed by atoms with Gasteiger partial charge in [-0.2, -0.15) is 12.6 Å². The number of carboxylic acids is 1. The second-order valence-electron chi connectivity index (χ2n) is 9.17. The number of benzodiazepines with no additional fused rings is 1. The highest BCUT2D eigenvalue weighted by molar-refractivity contribution is 7.80. The predicted octanol–water partition coefficient (Wildman–Crippen LogP) is 1.53. The van der Waals surface area contributed by atoms with Gasteiger partial charge < -0.3 is 21.1 Å². The first-order valence-electron chi connectivity index (χ1n) is 12.3. The van der Waals surface area contributed by atoms with Gasteiger partial charge >= 0.3 is 5.97 Å². The number of aliphatic carboxylic acids is 1. The van der Waals surface area contributed by atoms with Gasteiger partial charge in [0.2, 0.25) is 18.0 Å². The molecular weight excluding hydrogens is 506 g/mol. The summed E-state index contributed by atoms with van der Waals surface area (Å²) in [6, 6.07) is 14.1. The van der Waals surface area contributed by atoms with Gasteiger partial charge in [0.1, 0.15) is 12.6 Å². The highest BCUT2D eigenvalue weighted by Crippen LogP contribution is 2.29. The number of nitrogens with one attached hydrogen (secondary N) is 1. The summed E-state index contributed by atoms with van der Waals surface area (Å²) in [7, 11) is 1.43. The summed E-state index contributed by atoms with van der Waals surface area (Å²) in [4.78, 5) is 58.9. The average molecular weight is 540 g/mol. The van der Waals surface area contributed by atoms with Gasteiger partial charge in [0, 0.05) is 23.9 Å². The maximum absolute atomic E-state index is 14.0. The summed E-state index contributed by atoms with van der Waals surface area (Å²) in [6.07, 6.45) is -0.786. The fourth-order valence-corrected chi connectivity index (χ4v) is 4.32. The number of carbonyl (C=O) groups is 4.